The van der Waals surface area contributed by atoms with E-state index < -0.39 is 0 Å². The fraction of sp³-hybridized carbons (Fsp3) is 0.0833. The van der Waals surface area contributed by atoms with Gasteiger partial charge in [-0.15, -0.1) is 0 Å². The van der Waals surface area contributed by atoms with Gasteiger partial charge in [-0.2, -0.15) is 5.10 Å². The van der Waals surface area contributed by atoms with Crippen LogP contribution in [0.15, 0.2) is 41.5 Å². The van der Waals surface area contributed by atoms with Crippen molar-refractivity contribution >= 4 is 22.9 Å². The number of halogens is 1. The first-order valence-corrected chi connectivity index (χ1v) is 6.48. The molecule has 0 atom stereocenters. The lowest BCUT2D eigenvalue weighted by atomic mass is 10.2. The van der Waals surface area contributed by atoms with Crippen molar-refractivity contribution in [2.45, 2.75) is 6.54 Å². The Balaban J connectivity index is 2.00. The molecule has 4 nitrogen and oxygen atoms in total. The highest BCUT2D eigenvalue weighted by Gasteiger charge is 2.11. The van der Waals surface area contributed by atoms with Crippen molar-refractivity contribution < 1.29 is 0 Å². The molecule has 1 aromatic rings. The minimum absolute atomic E-state index is 0.0426. The number of pyridine rings is 1. The Morgan fingerprint density at radius 2 is 2.22 bits per heavy atom. The number of nitrogens with zero attached hydrogens (tertiary/aromatic N) is 3. The predicted molar refractivity (Wildman–Crippen MR) is 71.3 cm³/mol. The zero-order valence-electron chi connectivity index (χ0n) is 9.21. The van der Waals surface area contributed by atoms with E-state index in [0.717, 1.165) is 16.1 Å². The van der Waals surface area contributed by atoms with E-state index >= 15 is 0 Å². The molecule has 3 heterocycles. The second kappa shape index (κ2) is 4.51. The number of rotatable bonds is 2. The molecule has 18 heavy (non-hydrogen) atoms. The van der Waals surface area contributed by atoms with Crippen LogP contribution in [0.1, 0.15) is 5.56 Å². The van der Waals surface area contributed by atoms with Crippen LogP contribution in [-0.4, -0.2) is 14.8 Å². The summed E-state index contributed by atoms with van der Waals surface area (Å²) in [5, 5.41) is 4.73. The maximum atomic E-state index is 11.4. The van der Waals surface area contributed by atoms with Gasteiger partial charge in [-0.1, -0.05) is 29.0 Å². The van der Waals surface area contributed by atoms with Crippen LogP contribution in [-0.2, 0) is 6.54 Å². The van der Waals surface area contributed by atoms with Crippen molar-refractivity contribution in [1.82, 2.24) is 14.8 Å². The van der Waals surface area contributed by atoms with Crippen LogP contribution in [0.5, 0.6) is 0 Å². The molecule has 0 fully saturated rings. The van der Waals surface area contributed by atoms with Gasteiger partial charge in [-0.05, 0) is 17.7 Å². The van der Waals surface area contributed by atoms with Crippen LogP contribution in [0.25, 0.3) is 10.6 Å². The monoisotopic (exact) mass is 277 g/mol. The van der Waals surface area contributed by atoms with Crippen LogP contribution in [0.3, 0.4) is 0 Å². The average Bonchev–Trinajstić information content (AvgIpc) is 2.73. The zero-order chi connectivity index (χ0) is 12.5. The Morgan fingerprint density at radius 3 is 3.00 bits per heavy atom. The topological polar surface area (TPSA) is 47.8 Å². The molecule has 0 spiro atoms. The van der Waals surface area contributed by atoms with E-state index in [1.54, 1.807) is 29.2 Å². The van der Waals surface area contributed by atoms with Gasteiger partial charge >= 0.3 is 0 Å². The molecule has 0 saturated heterocycles. The summed E-state index contributed by atoms with van der Waals surface area (Å²) in [5.74, 6) is 0. The van der Waals surface area contributed by atoms with E-state index in [2.05, 4.69) is 10.1 Å². The molecule has 0 saturated carbocycles. The number of fused-ring (bicyclic) bond motifs is 1. The lowest BCUT2D eigenvalue weighted by Crippen LogP contribution is -2.07. The summed E-state index contributed by atoms with van der Waals surface area (Å²) < 4.78 is 1.83. The van der Waals surface area contributed by atoms with E-state index in [0.29, 0.717) is 11.7 Å². The molecular weight excluding hydrogens is 270 g/mol. The molecule has 6 heteroatoms. The predicted octanol–water partition coefficient (Wildman–Crippen LogP) is 2.51. The van der Waals surface area contributed by atoms with Gasteiger partial charge in [-0.3, -0.25) is 9.48 Å². The quantitative estimate of drug-likeness (QED) is 0.676. The SMILES string of the molecule is O=c1cc2n(Cc3ccc(Cl)nc3)nccc-2s1. The van der Waals surface area contributed by atoms with Gasteiger partial charge in [0, 0.05) is 18.5 Å². The third-order valence-electron chi connectivity index (χ3n) is 2.55. The molecule has 0 N–H and O–H groups in total. The van der Waals surface area contributed by atoms with Gasteiger partial charge in [0.05, 0.1) is 17.1 Å². The van der Waals surface area contributed by atoms with E-state index in [1.165, 1.54) is 11.3 Å². The number of hydrogen-bond donors (Lipinski definition) is 0. The normalized spacial score (nSPS) is 10.9. The molecule has 0 radical (unpaired) electrons. The highest BCUT2D eigenvalue weighted by molar-refractivity contribution is 7.13. The van der Waals surface area contributed by atoms with Crippen LogP contribution in [0, 0.1) is 0 Å². The third-order valence-corrected chi connectivity index (χ3v) is 3.66. The van der Waals surface area contributed by atoms with Crippen molar-refractivity contribution in [2.24, 2.45) is 0 Å². The third kappa shape index (κ3) is 2.14. The fourth-order valence-electron chi connectivity index (χ4n) is 1.74. The summed E-state index contributed by atoms with van der Waals surface area (Å²) in [5.41, 5.74) is 1.84. The largest absolute Gasteiger partial charge is 0.278 e. The van der Waals surface area contributed by atoms with Crippen molar-refractivity contribution in [3.8, 4) is 10.6 Å². The summed E-state index contributed by atoms with van der Waals surface area (Å²) in [6.07, 6.45) is 3.40. The second-order valence-corrected chi connectivity index (χ2v) is 5.23. The van der Waals surface area contributed by atoms with Gasteiger partial charge in [0.25, 0.3) is 0 Å². The average molecular weight is 278 g/mol. The fourth-order valence-corrected chi connectivity index (χ4v) is 2.63. The second-order valence-electron chi connectivity index (χ2n) is 3.79. The number of thiophene rings is 1. The Kier molecular flexibility index (Phi) is 2.85. The summed E-state index contributed by atoms with van der Waals surface area (Å²) >= 11 is 6.97. The lowest BCUT2D eigenvalue weighted by molar-refractivity contribution is 0.673. The maximum Gasteiger partial charge on any atom is 0.235 e. The van der Waals surface area contributed by atoms with E-state index in [4.69, 9.17) is 11.6 Å². The molecule has 0 unspecified atom stereocenters. The van der Waals surface area contributed by atoms with Crippen molar-refractivity contribution in [3.05, 3.63) is 56.9 Å². The van der Waals surface area contributed by atoms with Crippen molar-refractivity contribution in [1.29, 1.82) is 0 Å². The Bertz CT molecular complexity index is 704. The molecule has 0 amide bonds. The minimum Gasteiger partial charge on any atom is -0.278 e. The molecule has 2 aliphatic heterocycles. The van der Waals surface area contributed by atoms with E-state index in [1.807, 2.05) is 12.1 Å². The molecule has 0 bridgehead atoms. The number of aromatic nitrogens is 3. The van der Waals surface area contributed by atoms with Crippen LogP contribution in [0.4, 0.5) is 0 Å². The van der Waals surface area contributed by atoms with Crippen molar-refractivity contribution in [3.63, 3.8) is 0 Å². The van der Waals surface area contributed by atoms with Gasteiger partial charge in [0.2, 0.25) is 4.74 Å². The molecule has 3 rings (SSSR count). The van der Waals surface area contributed by atoms with E-state index in [-0.39, 0.29) is 4.74 Å². The van der Waals surface area contributed by atoms with Crippen LogP contribution in [0.2, 0.25) is 5.15 Å². The summed E-state index contributed by atoms with van der Waals surface area (Å²) in [7, 11) is 0. The standard InChI is InChI=1S/C12H8ClN3OS/c13-11-2-1-8(6-14-11)7-16-9-5-12(17)18-10(9)3-4-15-16/h1-6H,7H2. The summed E-state index contributed by atoms with van der Waals surface area (Å²) in [4.78, 5) is 16.4. The highest BCUT2D eigenvalue weighted by Crippen LogP contribution is 2.23. The van der Waals surface area contributed by atoms with E-state index in [9.17, 15) is 4.79 Å². The lowest BCUT2D eigenvalue weighted by Gasteiger charge is -2.09. The molecular formula is C12H8ClN3OS. The van der Waals surface area contributed by atoms with Crippen LogP contribution < -0.4 is 4.74 Å². The molecule has 0 aliphatic carbocycles. The molecule has 0 aromatic carbocycles. The van der Waals surface area contributed by atoms with Gasteiger partial charge in [0.1, 0.15) is 5.15 Å². The minimum atomic E-state index is 0.0426. The Morgan fingerprint density at radius 1 is 1.33 bits per heavy atom. The van der Waals surface area contributed by atoms with Crippen molar-refractivity contribution in [2.75, 3.05) is 0 Å². The van der Waals surface area contributed by atoms with Gasteiger partial charge < -0.3 is 0 Å². The molecule has 2 aliphatic rings. The highest BCUT2D eigenvalue weighted by atomic mass is 35.5. The summed E-state index contributed by atoms with van der Waals surface area (Å²) in [6, 6.07) is 7.09. The Labute approximate surface area is 112 Å². The molecule has 90 valence electrons. The zero-order valence-corrected chi connectivity index (χ0v) is 10.8. The molecule has 1 aromatic heterocycles. The maximum absolute atomic E-state index is 11.4. The van der Waals surface area contributed by atoms with Gasteiger partial charge in [-0.25, -0.2) is 4.98 Å². The van der Waals surface area contributed by atoms with Crippen LogP contribution >= 0.6 is 22.9 Å². The first kappa shape index (κ1) is 11.4. The smallest absolute Gasteiger partial charge is 0.235 e. The first-order valence-electron chi connectivity index (χ1n) is 5.28. The Hall–Kier alpha value is -1.72. The first-order chi connectivity index (χ1) is 8.72. The van der Waals surface area contributed by atoms with Gasteiger partial charge in [0.15, 0.2) is 0 Å². The number of hydrogen-bond acceptors (Lipinski definition) is 4. The summed E-state index contributed by atoms with van der Waals surface area (Å²) in [6.45, 7) is 0.567.